The summed E-state index contributed by atoms with van der Waals surface area (Å²) in [4.78, 5) is 11.5. The molecule has 2 aromatic rings. The minimum absolute atomic E-state index is 0.151. The van der Waals surface area contributed by atoms with Crippen molar-refractivity contribution in [2.24, 2.45) is 0 Å². The molecule has 0 atom stereocenters. The molecule has 0 saturated heterocycles. The highest BCUT2D eigenvalue weighted by Crippen LogP contribution is 2.16. The van der Waals surface area contributed by atoms with Crippen LogP contribution in [0.5, 0.6) is 0 Å². The van der Waals surface area contributed by atoms with Gasteiger partial charge in [0.05, 0.1) is 11.7 Å². The number of nitrogens with zero attached hydrogens (tertiary/aromatic N) is 1. The zero-order valence-corrected chi connectivity index (χ0v) is 9.47. The van der Waals surface area contributed by atoms with Gasteiger partial charge in [-0.1, -0.05) is 18.2 Å². The van der Waals surface area contributed by atoms with E-state index in [1.54, 1.807) is 18.3 Å². The lowest BCUT2D eigenvalue weighted by Crippen LogP contribution is -2.07. The van der Waals surface area contributed by atoms with Crippen LogP contribution < -0.4 is 5.32 Å². The molecule has 1 amide bonds. The maximum absolute atomic E-state index is 11.5. The summed E-state index contributed by atoms with van der Waals surface area (Å²) in [5, 5.41) is 10.6. The number of aromatic nitrogens is 2. The summed E-state index contributed by atoms with van der Waals surface area (Å²) in [5.41, 5.74) is 1.65. The minimum Gasteiger partial charge on any atom is -0.322 e. The van der Waals surface area contributed by atoms with Crippen LogP contribution in [0.1, 0.15) is 6.92 Å². The molecule has 1 heterocycles. The minimum atomic E-state index is -0.151. The first kappa shape index (κ1) is 11.1. The molecular weight excluding hydrogens is 214 g/mol. The Morgan fingerprint density at radius 1 is 1.41 bits per heavy atom. The van der Waals surface area contributed by atoms with Crippen LogP contribution >= 0.6 is 0 Å². The van der Waals surface area contributed by atoms with Gasteiger partial charge >= 0.3 is 0 Å². The van der Waals surface area contributed by atoms with Gasteiger partial charge in [0, 0.05) is 17.1 Å². The average molecular weight is 227 g/mol. The summed E-state index contributed by atoms with van der Waals surface area (Å²) in [6.07, 6.45) is 8.59. The molecule has 0 unspecified atom stereocenters. The van der Waals surface area contributed by atoms with Crippen molar-refractivity contribution in [2.75, 3.05) is 5.32 Å². The number of nitrogens with one attached hydrogen (secondary N) is 2. The zero-order chi connectivity index (χ0) is 12.1. The van der Waals surface area contributed by atoms with Gasteiger partial charge in [-0.05, 0) is 25.1 Å². The fourth-order valence-corrected chi connectivity index (χ4v) is 1.45. The normalized spacial score (nSPS) is 11.6. The first-order chi connectivity index (χ1) is 8.29. The Morgan fingerprint density at radius 3 is 3.12 bits per heavy atom. The van der Waals surface area contributed by atoms with E-state index in [9.17, 15) is 4.79 Å². The van der Waals surface area contributed by atoms with Gasteiger partial charge in [-0.15, -0.1) is 0 Å². The van der Waals surface area contributed by atoms with Crippen molar-refractivity contribution in [1.29, 1.82) is 0 Å². The molecule has 0 fully saturated rings. The van der Waals surface area contributed by atoms with E-state index < -0.39 is 0 Å². The van der Waals surface area contributed by atoms with Crippen LogP contribution in [0.2, 0.25) is 0 Å². The van der Waals surface area contributed by atoms with Crippen molar-refractivity contribution >= 4 is 22.5 Å². The molecule has 0 aliphatic carbocycles. The zero-order valence-electron chi connectivity index (χ0n) is 9.47. The van der Waals surface area contributed by atoms with Crippen molar-refractivity contribution in [1.82, 2.24) is 10.2 Å². The molecule has 0 aliphatic heterocycles. The Bertz CT molecular complexity index is 581. The molecule has 4 heteroatoms. The fourth-order valence-electron chi connectivity index (χ4n) is 1.45. The molecule has 0 spiro atoms. The maximum Gasteiger partial charge on any atom is 0.248 e. The quantitative estimate of drug-likeness (QED) is 0.625. The van der Waals surface area contributed by atoms with E-state index in [0.29, 0.717) is 0 Å². The monoisotopic (exact) mass is 227 g/mol. The standard InChI is InChI=1S/C13H13N3O/c1-2-3-4-5-13(17)15-11-7-6-10-9-14-16-12(10)8-11/h2-9H,1H3,(H,14,16)(H,15,17)/b3-2+,5-4+. The number of rotatable bonds is 3. The predicted molar refractivity (Wildman–Crippen MR) is 68.7 cm³/mol. The second-order valence-corrected chi connectivity index (χ2v) is 3.55. The number of aromatic amines is 1. The van der Waals surface area contributed by atoms with Gasteiger partial charge in [-0.3, -0.25) is 9.89 Å². The average Bonchev–Trinajstić information content (AvgIpc) is 2.76. The topological polar surface area (TPSA) is 57.8 Å². The third-order valence-electron chi connectivity index (χ3n) is 2.26. The molecular formula is C13H13N3O. The number of allylic oxidation sites excluding steroid dienone is 3. The maximum atomic E-state index is 11.5. The van der Waals surface area contributed by atoms with Gasteiger partial charge in [0.15, 0.2) is 0 Å². The molecule has 0 radical (unpaired) electrons. The van der Waals surface area contributed by atoms with E-state index in [-0.39, 0.29) is 5.91 Å². The van der Waals surface area contributed by atoms with E-state index in [4.69, 9.17) is 0 Å². The van der Waals surface area contributed by atoms with Gasteiger partial charge in [-0.2, -0.15) is 5.10 Å². The van der Waals surface area contributed by atoms with Crippen molar-refractivity contribution in [3.63, 3.8) is 0 Å². The molecule has 0 saturated carbocycles. The van der Waals surface area contributed by atoms with Crippen LogP contribution in [0.4, 0.5) is 5.69 Å². The summed E-state index contributed by atoms with van der Waals surface area (Å²) in [6, 6.07) is 5.60. The van der Waals surface area contributed by atoms with E-state index in [1.807, 2.05) is 31.2 Å². The molecule has 17 heavy (non-hydrogen) atoms. The van der Waals surface area contributed by atoms with E-state index >= 15 is 0 Å². The third kappa shape index (κ3) is 2.81. The number of hydrogen-bond acceptors (Lipinski definition) is 2. The molecule has 1 aromatic heterocycles. The molecule has 0 bridgehead atoms. The number of carbonyl (C=O) groups is 1. The number of carbonyl (C=O) groups excluding carboxylic acids is 1. The Labute approximate surface area is 99.0 Å². The number of amides is 1. The van der Waals surface area contributed by atoms with Gasteiger partial charge in [0.2, 0.25) is 5.91 Å². The highest BCUT2D eigenvalue weighted by molar-refractivity contribution is 6.00. The Kier molecular flexibility index (Phi) is 3.35. The lowest BCUT2D eigenvalue weighted by atomic mass is 10.2. The SMILES string of the molecule is C/C=C/C=C/C(=O)Nc1ccc2cn[nH]c2c1. The lowest BCUT2D eigenvalue weighted by molar-refractivity contribution is -0.111. The number of fused-ring (bicyclic) bond motifs is 1. The summed E-state index contributed by atoms with van der Waals surface area (Å²) in [6.45, 7) is 1.90. The second kappa shape index (κ2) is 5.12. The van der Waals surface area contributed by atoms with Crippen molar-refractivity contribution < 1.29 is 4.79 Å². The molecule has 1 aromatic carbocycles. The summed E-state index contributed by atoms with van der Waals surface area (Å²) in [5.74, 6) is -0.151. The van der Waals surface area contributed by atoms with Crippen molar-refractivity contribution in [2.45, 2.75) is 6.92 Å². The van der Waals surface area contributed by atoms with E-state index in [2.05, 4.69) is 15.5 Å². The van der Waals surface area contributed by atoms with Crippen LogP contribution in [-0.2, 0) is 4.79 Å². The number of anilines is 1. The molecule has 2 rings (SSSR count). The van der Waals surface area contributed by atoms with Gasteiger partial charge in [0.1, 0.15) is 0 Å². The Balaban J connectivity index is 2.10. The van der Waals surface area contributed by atoms with E-state index in [1.165, 1.54) is 6.08 Å². The second-order valence-electron chi connectivity index (χ2n) is 3.55. The summed E-state index contributed by atoms with van der Waals surface area (Å²) < 4.78 is 0. The van der Waals surface area contributed by atoms with Gasteiger partial charge in [-0.25, -0.2) is 0 Å². The van der Waals surface area contributed by atoms with Crippen molar-refractivity contribution in [3.05, 3.63) is 48.7 Å². The molecule has 4 nitrogen and oxygen atoms in total. The first-order valence-electron chi connectivity index (χ1n) is 5.33. The fraction of sp³-hybridized carbons (Fsp3) is 0.0769. The lowest BCUT2D eigenvalue weighted by Gasteiger charge is -2.01. The highest BCUT2D eigenvalue weighted by atomic mass is 16.1. The highest BCUT2D eigenvalue weighted by Gasteiger charge is 2.00. The van der Waals surface area contributed by atoms with Crippen LogP contribution in [-0.4, -0.2) is 16.1 Å². The largest absolute Gasteiger partial charge is 0.322 e. The summed E-state index contributed by atoms with van der Waals surface area (Å²) >= 11 is 0. The van der Waals surface area contributed by atoms with Crippen molar-refractivity contribution in [3.8, 4) is 0 Å². The van der Waals surface area contributed by atoms with Gasteiger partial charge < -0.3 is 5.32 Å². The smallest absolute Gasteiger partial charge is 0.248 e. The molecule has 2 N–H and O–H groups in total. The Morgan fingerprint density at radius 2 is 2.29 bits per heavy atom. The molecule has 86 valence electrons. The number of H-pyrrole nitrogens is 1. The number of benzene rings is 1. The van der Waals surface area contributed by atoms with Crippen LogP contribution in [0, 0.1) is 0 Å². The number of hydrogen-bond donors (Lipinski definition) is 2. The third-order valence-corrected chi connectivity index (χ3v) is 2.26. The van der Waals surface area contributed by atoms with Crippen LogP contribution in [0.15, 0.2) is 48.7 Å². The van der Waals surface area contributed by atoms with Crippen LogP contribution in [0.3, 0.4) is 0 Å². The Hall–Kier alpha value is -2.36. The predicted octanol–water partition coefficient (Wildman–Crippen LogP) is 2.63. The molecule has 0 aliphatic rings. The van der Waals surface area contributed by atoms with E-state index in [0.717, 1.165) is 16.6 Å². The summed E-state index contributed by atoms with van der Waals surface area (Å²) in [7, 11) is 0. The van der Waals surface area contributed by atoms with Gasteiger partial charge in [0.25, 0.3) is 0 Å². The van der Waals surface area contributed by atoms with Crippen LogP contribution in [0.25, 0.3) is 10.9 Å². The first-order valence-corrected chi connectivity index (χ1v) is 5.33.